The van der Waals surface area contributed by atoms with E-state index in [1.165, 1.54) is 28.1 Å². The maximum atomic E-state index is 4.19. The van der Waals surface area contributed by atoms with Gasteiger partial charge in [0.2, 0.25) is 0 Å². The fourth-order valence-electron chi connectivity index (χ4n) is 3.24. The van der Waals surface area contributed by atoms with E-state index in [0.717, 1.165) is 6.42 Å². The van der Waals surface area contributed by atoms with Crippen molar-refractivity contribution in [2.24, 2.45) is 0 Å². The average Bonchev–Trinajstić information content (AvgIpc) is 2.68. The molecule has 3 rings (SSSR count). The zero-order valence-electron chi connectivity index (χ0n) is 15.3. The van der Waals surface area contributed by atoms with Crippen LogP contribution in [0.15, 0.2) is 110 Å². The van der Waals surface area contributed by atoms with Crippen LogP contribution in [-0.4, -0.2) is 6.04 Å². The highest BCUT2D eigenvalue weighted by Gasteiger charge is 2.15. The highest BCUT2D eigenvalue weighted by molar-refractivity contribution is 5.82. The Balaban J connectivity index is 1.95. The smallest absolute Gasteiger partial charge is 0.0497 e. The third kappa shape index (κ3) is 3.94. The van der Waals surface area contributed by atoms with E-state index in [4.69, 9.17) is 0 Å². The standard InChI is InChI=1S/C25H25N/c1-4-5-12-21(3)26(23-13-7-6-8-14-23)24-18-16-22(17-19-24)25-15-10-9-11-20(25)2/h4-10,12-19,21H,1-2,11H2,3H3/b12-5-. The molecule has 1 heteroatoms. The number of nitrogens with zero attached hydrogens (tertiary/aromatic N) is 1. The Labute approximate surface area is 157 Å². The summed E-state index contributed by atoms with van der Waals surface area (Å²) in [6.07, 6.45) is 13.3. The molecule has 0 N–H and O–H groups in total. The summed E-state index contributed by atoms with van der Waals surface area (Å²) in [4.78, 5) is 2.33. The molecule has 0 fully saturated rings. The zero-order chi connectivity index (χ0) is 18.4. The van der Waals surface area contributed by atoms with Crippen LogP contribution in [0.5, 0.6) is 0 Å². The van der Waals surface area contributed by atoms with Crippen LogP contribution < -0.4 is 4.90 Å². The molecule has 26 heavy (non-hydrogen) atoms. The molecule has 2 aromatic rings. The summed E-state index contributed by atoms with van der Waals surface area (Å²) >= 11 is 0. The van der Waals surface area contributed by atoms with E-state index in [1.807, 2.05) is 18.2 Å². The minimum Gasteiger partial charge on any atom is -0.335 e. The van der Waals surface area contributed by atoms with Gasteiger partial charge in [0.1, 0.15) is 0 Å². The lowest BCUT2D eigenvalue weighted by Crippen LogP contribution is -2.26. The normalized spacial score (nSPS) is 15.0. The van der Waals surface area contributed by atoms with Crippen molar-refractivity contribution in [1.82, 2.24) is 0 Å². The molecule has 0 saturated carbocycles. The van der Waals surface area contributed by atoms with E-state index in [2.05, 4.69) is 97.8 Å². The van der Waals surface area contributed by atoms with Crippen LogP contribution in [0, 0.1) is 0 Å². The zero-order valence-corrected chi connectivity index (χ0v) is 15.3. The molecule has 130 valence electrons. The first-order chi connectivity index (χ1) is 12.7. The number of benzene rings is 2. The molecular weight excluding hydrogens is 314 g/mol. The molecule has 0 saturated heterocycles. The summed E-state index contributed by atoms with van der Waals surface area (Å²) in [6.45, 7) is 10.2. The minimum absolute atomic E-state index is 0.216. The van der Waals surface area contributed by atoms with Gasteiger partial charge in [0.15, 0.2) is 0 Å². The van der Waals surface area contributed by atoms with Gasteiger partial charge < -0.3 is 4.90 Å². The Morgan fingerprint density at radius 2 is 1.69 bits per heavy atom. The molecule has 1 nitrogen and oxygen atoms in total. The quantitative estimate of drug-likeness (QED) is 0.520. The fraction of sp³-hybridized carbons (Fsp3) is 0.120. The van der Waals surface area contributed by atoms with E-state index in [9.17, 15) is 0 Å². The van der Waals surface area contributed by atoms with Gasteiger partial charge >= 0.3 is 0 Å². The molecule has 1 atom stereocenters. The van der Waals surface area contributed by atoms with Crippen molar-refractivity contribution < 1.29 is 0 Å². The van der Waals surface area contributed by atoms with Gasteiger partial charge in [-0.2, -0.15) is 0 Å². The third-order valence-electron chi connectivity index (χ3n) is 4.57. The van der Waals surface area contributed by atoms with Crippen molar-refractivity contribution in [2.45, 2.75) is 19.4 Å². The monoisotopic (exact) mass is 339 g/mol. The Bertz CT molecular complexity index is 851. The third-order valence-corrected chi connectivity index (χ3v) is 4.57. The summed E-state index contributed by atoms with van der Waals surface area (Å²) in [5.41, 5.74) is 5.95. The largest absolute Gasteiger partial charge is 0.335 e. The van der Waals surface area contributed by atoms with Gasteiger partial charge in [-0.1, -0.05) is 79.9 Å². The highest BCUT2D eigenvalue weighted by atomic mass is 15.2. The molecule has 0 bridgehead atoms. The molecule has 0 amide bonds. The molecule has 0 aromatic heterocycles. The molecular formula is C25H25N. The van der Waals surface area contributed by atoms with Gasteiger partial charge in [0, 0.05) is 17.4 Å². The van der Waals surface area contributed by atoms with Crippen LogP contribution in [0.4, 0.5) is 11.4 Å². The SMILES string of the molecule is C=C/C=C\C(C)N(c1ccccc1)c1ccc(C2=CC=CCC2=C)cc1. The summed E-state index contributed by atoms with van der Waals surface area (Å²) in [7, 11) is 0. The van der Waals surface area contributed by atoms with E-state index in [-0.39, 0.29) is 6.04 Å². The maximum Gasteiger partial charge on any atom is 0.0497 e. The fourth-order valence-corrected chi connectivity index (χ4v) is 3.24. The van der Waals surface area contributed by atoms with Crippen LogP contribution in [0.1, 0.15) is 18.9 Å². The van der Waals surface area contributed by atoms with Crippen molar-refractivity contribution in [3.8, 4) is 0 Å². The average molecular weight is 339 g/mol. The molecule has 2 aromatic carbocycles. The molecule has 0 aliphatic heterocycles. The van der Waals surface area contributed by atoms with Crippen molar-refractivity contribution in [2.75, 3.05) is 4.90 Å². The number of anilines is 2. The minimum atomic E-state index is 0.216. The molecule has 0 spiro atoms. The van der Waals surface area contributed by atoms with Crippen LogP contribution in [0.3, 0.4) is 0 Å². The first kappa shape index (κ1) is 17.8. The van der Waals surface area contributed by atoms with Gasteiger partial charge in [0.25, 0.3) is 0 Å². The predicted octanol–water partition coefficient (Wildman–Crippen LogP) is 6.85. The van der Waals surface area contributed by atoms with Crippen molar-refractivity contribution >= 4 is 16.9 Å². The summed E-state index contributed by atoms with van der Waals surface area (Å²) in [6, 6.07) is 19.4. The van der Waals surface area contributed by atoms with Gasteiger partial charge in [0.05, 0.1) is 0 Å². The van der Waals surface area contributed by atoms with Crippen molar-refractivity contribution in [3.05, 3.63) is 115 Å². The number of hydrogen-bond donors (Lipinski definition) is 0. The van der Waals surface area contributed by atoms with Gasteiger partial charge in [-0.05, 0) is 54.3 Å². The maximum absolute atomic E-state index is 4.19. The number of hydrogen-bond acceptors (Lipinski definition) is 1. The lowest BCUT2D eigenvalue weighted by Gasteiger charge is -2.30. The second kappa shape index (κ2) is 8.35. The number of rotatable bonds is 6. The van der Waals surface area contributed by atoms with Crippen LogP contribution in [-0.2, 0) is 0 Å². The van der Waals surface area contributed by atoms with Crippen molar-refractivity contribution in [1.29, 1.82) is 0 Å². The summed E-state index contributed by atoms with van der Waals surface area (Å²) in [5, 5.41) is 0. The molecule has 0 radical (unpaired) electrons. The predicted molar refractivity (Wildman–Crippen MR) is 115 cm³/mol. The summed E-state index contributed by atoms with van der Waals surface area (Å²) in [5.74, 6) is 0. The van der Waals surface area contributed by atoms with Crippen LogP contribution in [0.2, 0.25) is 0 Å². The highest BCUT2D eigenvalue weighted by Crippen LogP contribution is 2.32. The first-order valence-electron chi connectivity index (χ1n) is 8.99. The second-order valence-electron chi connectivity index (χ2n) is 6.43. The lowest BCUT2D eigenvalue weighted by molar-refractivity contribution is 0.864. The number of allylic oxidation sites excluding steroid dienone is 7. The Kier molecular flexibility index (Phi) is 5.70. The van der Waals surface area contributed by atoms with Gasteiger partial charge in [-0.15, -0.1) is 0 Å². The van der Waals surface area contributed by atoms with E-state index >= 15 is 0 Å². The lowest BCUT2D eigenvalue weighted by atomic mass is 9.93. The summed E-state index contributed by atoms with van der Waals surface area (Å²) < 4.78 is 0. The van der Waals surface area contributed by atoms with Gasteiger partial charge in [-0.25, -0.2) is 0 Å². The van der Waals surface area contributed by atoms with Crippen LogP contribution in [0.25, 0.3) is 5.57 Å². The molecule has 0 heterocycles. The first-order valence-corrected chi connectivity index (χ1v) is 8.99. The van der Waals surface area contributed by atoms with E-state index < -0.39 is 0 Å². The molecule has 1 aliphatic rings. The second-order valence-corrected chi connectivity index (χ2v) is 6.43. The van der Waals surface area contributed by atoms with Gasteiger partial charge in [-0.3, -0.25) is 0 Å². The van der Waals surface area contributed by atoms with Crippen molar-refractivity contribution in [3.63, 3.8) is 0 Å². The van der Waals surface area contributed by atoms with Crippen LogP contribution >= 0.6 is 0 Å². The molecule has 1 unspecified atom stereocenters. The number of para-hydroxylation sites is 1. The topological polar surface area (TPSA) is 3.24 Å². The Hall–Kier alpha value is -3.06. The Morgan fingerprint density at radius 1 is 1.00 bits per heavy atom. The molecule has 1 aliphatic carbocycles. The van der Waals surface area contributed by atoms with E-state index in [1.54, 1.807) is 0 Å². The Morgan fingerprint density at radius 3 is 2.35 bits per heavy atom. The van der Waals surface area contributed by atoms with E-state index in [0.29, 0.717) is 0 Å².